The number of nitrogens with zero attached hydrogens (tertiary/aromatic N) is 4. The number of ether oxygens (including phenoxy) is 1. The van der Waals surface area contributed by atoms with Crippen LogP contribution < -0.4 is 0 Å². The van der Waals surface area contributed by atoms with E-state index in [-0.39, 0.29) is 23.6 Å². The summed E-state index contributed by atoms with van der Waals surface area (Å²) in [5.74, 6) is -0.113. The van der Waals surface area contributed by atoms with Crippen LogP contribution in [0.3, 0.4) is 0 Å². The molecule has 8 heteroatoms. The lowest BCUT2D eigenvalue weighted by Crippen LogP contribution is -2.21. The topological polar surface area (TPSA) is 66.0 Å². The van der Waals surface area contributed by atoms with Gasteiger partial charge < -0.3 is 9.26 Å². The zero-order chi connectivity index (χ0) is 19.1. The van der Waals surface area contributed by atoms with Crippen LogP contribution >= 0.6 is 0 Å². The molecule has 6 nitrogen and oxygen atoms in total. The van der Waals surface area contributed by atoms with Gasteiger partial charge in [-0.05, 0) is 35.9 Å². The Morgan fingerprint density at radius 1 is 1.00 bits per heavy atom. The van der Waals surface area contributed by atoms with E-state index in [4.69, 9.17) is 9.26 Å². The highest BCUT2D eigenvalue weighted by Crippen LogP contribution is 2.29. The Kier molecular flexibility index (Phi) is 3.98. The first-order valence-electron chi connectivity index (χ1n) is 8.69. The second kappa shape index (κ2) is 6.65. The van der Waals surface area contributed by atoms with Crippen molar-refractivity contribution in [1.29, 1.82) is 0 Å². The van der Waals surface area contributed by atoms with Crippen LogP contribution in [-0.2, 0) is 17.9 Å². The fraction of sp³-hybridized carbons (Fsp3) is 0.150. The lowest BCUT2D eigenvalue weighted by molar-refractivity contribution is -0.00116. The van der Waals surface area contributed by atoms with Crippen molar-refractivity contribution >= 4 is 0 Å². The predicted molar refractivity (Wildman–Crippen MR) is 94.8 cm³/mol. The Morgan fingerprint density at radius 2 is 1.86 bits per heavy atom. The van der Waals surface area contributed by atoms with E-state index >= 15 is 0 Å². The van der Waals surface area contributed by atoms with E-state index in [2.05, 4.69) is 15.2 Å². The summed E-state index contributed by atoms with van der Waals surface area (Å²) in [6.45, 7) is 0.853. The van der Waals surface area contributed by atoms with Crippen molar-refractivity contribution in [3.63, 3.8) is 0 Å². The van der Waals surface area contributed by atoms with Crippen LogP contribution in [-0.4, -0.2) is 19.9 Å². The number of benzene rings is 2. The molecule has 0 N–H and O–H groups in total. The molecule has 3 heterocycles. The Bertz CT molecular complexity index is 1140. The highest BCUT2D eigenvalue weighted by Gasteiger charge is 2.24. The van der Waals surface area contributed by atoms with E-state index in [1.54, 1.807) is 24.3 Å². The molecule has 1 aliphatic rings. The molecule has 0 unspecified atom stereocenters. The van der Waals surface area contributed by atoms with Crippen LogP contribution in [0, 0.1) is 11.6 Å². The van der Waals surface area contributed by atoms with E-state index in [0.29, 0.717) is 30.2 Å². The lowest BCUT2D eigenvalue weighted by atomic mass is 10.1. The number of fused-ring (bicyclic) bond motifs is 1. The molecule has 4 aromatic rings. The Hall–Kier alpha value is -3.39. The van der Waals surface area contributed by atoms with Gasteiger partial charge in [0.25, 0.3) is 5.89 Å². The van der Waals surface area contributed by atoms with Crippen molar-refractivity contribution in [3.05, 3.63) is 77.5 Å². The highest BCUT2D eigenvalue weighted by molar-refractivity contribution is 5.57. The number of hydrogen-bond donors (Lipinski definition) is 0. The van der Waals surface area contributed by atoms with Gasteiger partial charge in [0.15, 0.2) is 5.69 Å². The minimum absolute atomic E-state index is 0.216. The molecule has 28 heavy (non-hydrogen) atoms. The second-order valence-electron chi connectivity index (χ2n) is 6.49. The highest BCUT2D eigenvalue weighted by atomic mass is 19.1. The Balaban J connectivity index is 1.40. The minimum Gasteiger partial charge on any atom is -0.365 e. The predicted octanol–water partition coefficient (Wildman–Crippen LogP) is 4.15. The van der Waals surface area contributed by atoms with Gasteiger partial charge in [-0.3, -0.25) is 4.68 Å². The number of aromatic nitrogens is 4. The maximum atomic E-state index is 13.4. The molecule has 1 atom stereocenters. The molecule has 0 bridgehead atoms. The Labute approximate surface area is 158 Å². The van der Waals surface area contributed by atoms with E-state index in [9.17, 15) is 8.78 Å². The summed E-state index contributed by atoms with van der Waals surface area (Å²) in [5.41, 5.74) is 2.81. The fourth-order valence-electron chi connectivity index (χ4n) is 3.18. The van der Waals surface area contributed by atoms with Crippen LogP contribution in [0.1, 0.15) is 17.4 Å². The SMILES string of the molecule is Fc1ccc([C@@H]2Cn3nc(-c4nc(-c5cccc(F)c5)no4)cc3CO2)cc1. The van der Waals surface area contributed by atoms with Gasteiger partial charge in [0.2, 0.25) is 5.82 Å². The standard InChI is InChI=1S/C20H14F2N4O2/c21-14-6-4-12(5-7-14)18-10-26-16(11-27-18)9-17(24-26)20-23-19(25-28-20)13-2-1-3-15(22)8-13/h1-9,18H,10-11H2/t18-/m0/s1. The van der Waals surface area contributed by atoms with Crippen LogP contribution in [0.5, 0.6) is 0 Å². The summed E-state index contributed by atoms with van der Waals surface area (Å²) in [4.78, 5) is 4.32. The van der Waals surface area contributed by atoms with Gasteiger partial charge in [0.1, 0.15) is 17.7 Å². The first kappa shape index (κ1) is 16.8. The maximum Gasteiger partial charge on any atom is 0.278 e. The first-order valence-corrected chi connectivity index (χ1v) is 8.69. The van der Waals surface area contributed by atoms with E-state index in [1.165, 1.54) is 24.3 Å². The quantitative estimate of drug-likeness (QED) is 0.534. The molecule has 0 radical (unpaired) electrons. The molecular formula is C20H14F2N4O2. The normalized spacial score (nSPS) is 16.1. The van der Waals surface area contributed by atoms with Crippen molar-refractivity contribution in [2.24, 2.45) is 0 Å². The maximum absolute atomic E-state index is 13.4. The molecule has 5 rings (SSSR count). The number of halogens is 2. The summed E-state index contributed by atoms with van der Waals surface area (Å²) in [6.07, 6.45) is -0.216. The van der Waals surface area contributed by atoms with Crippen molar-refractivity contribution < 1.29 is 18.0 Å². The van der Waals surface area contributed by atoms with Crippen molar-refractivity contribution in [2.45, 2.75) is 19.3 Å². The number of rotatable bonds is 3. The summed E-state index contributed by atoms with van der Waals surface area (Å²) in [7, 11) is 0. The first-order chi connectivity index (χ1) is 13.7. The lowest BCUT2D eigenvalue weighted by Gasteiger charge is -2.24. The fourth-order valence-corrected chi connectivity index (χ4v) is 3.18. The summed E-state index contributed by atoms with van der Waals surface area (Å²) >= 11 is 0. The van der Waals surface area contributed by atoms with E-state index in [1.807, 2.05) is 10.7 Å². The third kappa shape index (κ3) is 3.07. The molecule has 2 aromatic carbocycles. The monoisotopic (exact) mass is 380 g/mol. The average molecular weight is 380 g/mol. The minimum atomic E-state index is -0.370. The van der Waals surface area contributed by atoms with Gasteiger partial charge in [0, 0.05) is 5.56 Å². The van der Waals surface area contributed by atoms with E-state index < -0.39 is 0 Å². The molecule has 0 amide bonds. The molecule has 0 aliphatic carbocycles. The molecule has 1 aliphatic heterocycles. The van der Waals surface area contributed by atoms with Gasteiger partial charge in [-0.15, -0.1) is 0 Å². The van der Waals surface area contributed by atoms with Crippen LogP contribution in [0.4, 0.5) is 8.78 Å². The molecular weight excluding hydrogens is 366 g/mol. The second-order valence-corrected chi connectivity index (χ2v) is 6.49. The summed E-state index contributed by atoms with van der Waals surface area (Å²) < 4.78 is 39.5. The molecule has 0 saturated heterocycles. The molecule has 140 valence electrons. The third-order valence-electron chi connectivity index (χ3n) is 4.60. The van der Waals surface area contributed by atoms with E-state index in [0.717, 1.165) is 11.3 Å². The average Bonchev–Trinajstić information content (AvgIpc) is 3.35. The van der Waals surface area contributed by atoms with Crippen molar-refractivity contribution in [1.82, 2.24) is 19.9 Å². The van der Waals surface area contributed by atoms with Crippen molar-refractivity contribution in [2.75, 3.05) is 0 Å². The molecule has 0 fully saturated rings. The summed E-state index contributed by atoms with van der Waals surface area (Å²) in [6, 6.07) is 14.0. The molecule has 2 aromatic heterocycles. The smallest absolute Gasteiger partial charge is 0.278 e. The Morgan fingerprint density at radius 3 is 2.68 bits per heavy atom. The third-order valence-corrected chi connectivity index (χ3v) is 4.60. The number of hydrogen-bond acceptors (Lipinski definition) is 5. The van der Waals surface area contributed by atoms with Gasteiger partial charge in [-0.1, -0.05) is 29.4 Å². The van der Waals surface area contributed by atoms with Crippen molar-refractivity contribution in [3.8, 4) is 23.0 Å². The molecule has 0 saturated carbocycles. The van der Waals surface area contributed by atoms with Crippen LogP contribution in [0.2, 0.25) is 0 Å². The van der Waals surface area contributed by atoms with Gasteiger partial charge in [-0.2, -0.15) is 10.1 Å². The van der Waals surface area contributed by atoms with Crippen LogP contribution in [0.25, 0.3) is 23.0 Å². The largest absolute Gasteiger partial charge is 0.365 e. The zero-order valence-corrected chi connectivity index (χ0v) is 14.5. The summed E-state index contributed by atoms with van der Waals surface area (Å²) in [5, 5.41) is 8.44. The van der Waals surface area contributed by atoms with Gasteiger partial charge in [-0.25, -0.2) is 8.78 Å². The van der Waals surface area contributed by atoms with Crippen LogP contribution in [0.15, 0.2) is 59.1 Å². The van der Waals surface area contributed by atoms with Gasteiger partial charge in [0.05, 0.1) is 18.8 Å². The molecule has 0 spiro atoms. The zero-order valence-electron chi connectivity index (χ0n) is 14.5. The van der Waals surface area contributed by atoms with Gasteiger partial charge >= 0.3 is 0 Å².